The van der Waals surface area contributed by atoms with E-state index in [0.29, 0.717) is 30.6 Å². The van der Waals surface area contributed by atoms with Crippen molar-refractivity contribution in [2.45, 2.75) is 52.0 Å². The Morgan fingerprint density at radius 3 is 2.62 bits per heavy atom. The molecule has 0 saturated carbocycles. The summed E-state index contributed by atoms with van der Waals surface area (Å²) in [5.41, 5.74) is 0. The molecule has 3 aliphatic rings. The molecule has 24 heavy (non-hydrogen) atoms. The van der Waals surface area contributed by atoms with Crippen molar-refractivity contribution in [2.75, 3.05) is 19.6 Å². The Kier molecular flexibility index (Phi) is 5.63. The zero-order chi connectivity index (χ0) is 15.8. The lowest BCUT2D eigenvalue weighted by molar-refractivity contribution is 0.0767. The van der Waals surface area contributed by atoms with Crippen molar-refractivity contribution in [2.24, 2.45) is 16.8 Å². The van der Waals surface area contributed by atoms with E-state index in [0.717, 1.165) is 38.0 Å². The number of nitrogens with zero attached hydrogens (tertiary/aromatic N) is 5. The van der Waals surface area contributed by atoms with Gasteiger partial charge >= 0.3 is 0 Å². The molecule has 4 rings (SSSR count). The second kappa shape index (κ2) is 7.55. The molecule has 3 saturated heterocycles. The van der Waals surface area contributed by atoms with Gasteiger partial charge in [0.15, 0.2) is 11.8 Å². The topological polar surface area (TPSA) is 67.6 Å². The zero-order valence-electron chi connectivity index (χ0n) is 14.4. The number of likely N-dealkylation sites (tertiary alicyclic amines) is 1. The molecule has 4 atom stereocenters. The van der Waals surface area contributed by atoms with Gasteiger partial charge in [0.2, 0.25) is 0 Å². The van der Waals surface area contributed by atoms with Crippen LogP contribution in [0.1, 0.15) is 32.5 Å². The van der Waals surface area contributed by atoms with Gasteiger partial charge in [-0.3, -0.25) is 0 Å². The summed E-state index contributed by atoms with van der Waals surface area (Å²) in [7, 11) is 0. The molecule has 1 aromatic rings. The van der Waals surface area contributed by atoms with Gasteiger partial charge in [0, 0.05) is 38.0 Å². The number of rotatable bonds is 4. The third-order valence-electron chi connectivity index (χ3n) is 5.49. The Hall–Kier alpha value is -0.900. The van der Waals surface area contributed by atoms with Crippen LogP contribution in [0.15, 0.2) is 11.3 Å². The first-order valence-electron chi connectivity index (χ1n) is 8.85. The number of ether oxygens (including phenoxy) is 1. The van der Waals surface area contributed by atoms with Crippen LogP contribution in [0.25, 0.3) is 0 Å². The van der Waals surface area contributed by atoms with E-state index >= 15 is 0 Å². The number of aryl methyl sites for hydroxylation is 1. The molecule has 134 valence electrons. The number of halogens is 1. The van der Waals surface area contributed by atoms with Crippen LogP contribution in [0, 0.1) is 11.8 Å². The smallest absolute Gasteiger partial charge is 0.194 e. The zero-order valence-corrected chi connectivity index (χ0v) is 16.7. The number of hydrogen-bond donors (Lipinski definition) is 1. The highest BCUT2D eigenvalue weighted by Gasteiger charge is 2.53. The average Bonchev–Trinajstić information content (AvgIpc) is 3.32. The predicted octanol–water partition coefficient (Wildman–Crippen LogP) is 1.49. The normalized spacial score (nSPS) is 31.2. The van der Waals surface area contributed by atoms with Crippen molar-refractivity contribution in [1.82, 2.24) is 25.0 Å². The third kappa shape index (κ3) is 3.14. The highest BCUT2D eigenvalue weighted by molar-refractivity contribution is 14.0. The standard InChI is InChI=1S/C16H26N6O.HI/c1-3-17-16(18-7-15-20-19-10-21(15)4-2)22-8-11-12(9-22)14-6-5-13(11)23-14;/h10-14H,3-9H2,1-2H3,(H,17,18);1H. The summed E-state index contributed by atoms with van der Waals surface area (Å²) < 4.78 is 8.11. The van der Waals surface area contributed by atoms with Crippen LogP contribution in [0.2, 0.25) is 0 Å². The van der Waals surface area contributed by atoms with Crippen molar-refractivity contribution in [3.05, 3.63) is 12.2 Å². The molecule has 8 heteroatoms. The minimum atomic E-state index is 0. The largest absolute Gasteiger partial charge is 0.374 e. The maximum atomic E-state index is 6.07. The quantitative estimate of drug-likeness (QED) is 0.432. The lowest BCUT2D eigenvalue weighted by Crippen LogP contribution is -2.41. The molecule has 0 radical (unpaired) electrons. The fourth-order valence-corrected chi connectivity index (χ4v) is 4.37. The Labute approximate surface area is 160 Å². The van der Waals surface area contributed by atoms with Crippen LogP contribution < -0.4 is 5.32 Å². The van der Waals surface area contributed by atoms with Crippen LogP contribution >= 0.6 is 24.0 Å². The number of aromatic nitrogens is 3. The summed E-state index contributed by atoms with van der Waals surface area (Å²) >= 11 is 0. The first-order valence-corrected chi connectivity index (χ1v) is 8.85. The second-order valence-corrected chi connectivity index (χ2v) is 6.73. The fourth-order valence-electron chi connectivity index (χ4n) is 4.37. The number of guanidine groups is 1. The van der Waals surface area contributed by atoms with E-state index in [1.807, 2.05) is 4.57 Å². The summed E-state index contributed by atoms with van der Waals surface area (Å²) in [5, 5.41) is 11.6. The fraction of sp³-hybridized carbons (Fsp3) is 0.812. The monoisotopic (exact) mass is 446 g/mol. The van der Waals surface area contributed by atoms with Crippen LogP contribution in [0.4, 0.5) is 0 Å². The van der Waals surface area contributed by atoms with Crippen LogP contribution in [-0.4, -0.2) is 57.5 Å². The first-order chi connectivity index (χ1) is 11.3. The Morgan fingerprint density at radius 2 is 2.00 bits per heavy atom. The third-order valence-corrected chi connectivity index (χ3v) is 5.49. The number of nitrogens with one attached hydrogen (secondary N) is 1. The minimum absolute atomic E-state index is 0. The minimum Gasteiger partial charge on any atom is -0.374 e. The van der Waals surface area contributed by atoms with Gasteiger partial charge in [-0.05, 0) is 26.7 Å². The highest BCUT2D eigenvalue weighted by Crippen LogP contribution is 2.47. The molecule has 1 aromatic heterocycles. The maximum Gasteiger partial charge on any atom is 0.194 e. The van der Waals surface area contributed by atoms with Crippen molar-refractivity contribution >= 4 is 29.9 Å². The number of aliphatic imine (C=N–C) groups is 1. The summed E-state index contributed by atoms with van der Waals surface area (Å²) in [6, 6.07) is 0. The highest BCUT2D eigenvalue weighted by atomic mass is 127. The van der Waals surface area contributed by atoms with E-state index in [1.165, 1.54) is 12.8 Å². The van der Waals surface area contributed by atoms with Crippen molar-refractivity contribution in [3.63, 3.8) is 0 Å². The molecule has 7 nitrogen and oxygen atoms in total. The van der Waals surface area contributed by atoms with Crippen LogP contribution in [0.3, 0.4) is 0 Å². The van der Waals surface area contributed by atoms with E-state index in [-0.39, 0.29) is 24.0 Å². The molecule has 0 amide bonds. The molecule has 4 heterocycles. The van der Waals surface area contributed by atoms with E-state index in [9.17, 15) is 0 Å². The summed E-state index contributed by atoms with van der Waals surface area (Å²) in [4.78, 5) is 7.23. The van der Waals surface area contributed by atoms with E-state index in [1.54, 1.807) is 6.33 Å². The molecule has 4 unspecified atom stereocenters. The molecule has 3 aliphatic heterocycles. The Balaban J connectivity index is 0.00000169. The van der Waals surface area contributed by atoms with Crippen LogP contribution in [0.5, 0.6) is 0 Å². The van der Waals surface area contributed by atoms with Gasteiger partial charge in [-0.15, -0.1) is 34.2 Å². The van der Waals surface area contributed by atoms with E-state index in [2.05, 4.69) is 34.3 Å². The lowest BCUT2D eigenvalue weighted by atomic mass is 9.82. The lowest BCUT2D eigenvalue weighted by Gasteiger charge is -2.23. The first kappa shape index (κ1) is 17.9. The number of fused-ring (bicyclic) bond motifs is 5. The second-order valence-electron chi connectivity index (χ2n) is 6.73. The van der Waals surface area contributed by atoms with Gasteiger partial charge in [0.1, 0.15) is 12.9 Å². The molecule has 2 bridgehead atoms. The van der Waals surface area contributed by atoms with Gasteiger partial charge in [-0.2, -0.15) is 0 Å². The maximum absolute atomic E-state index is 6.07. The van der Waals surface area contributed by atoms with Crippen molar-refractivity contribution in [3.8, 4) is 0 Å². The Morgan fingerprint density at radius 1 is 1.29 bits per heavy atom. The molecular formula is C16H27IN6O. The van der Waals surface area contributed by atoms with E-state index < -0.39 is 0 Å². The van der Waals surface area contributed by atoms with E-state index in [4.69, 9.17) is 9.73 Å². The van der Waals surface area contributed by atoms with Gasteiger partial charge < -0.3 is 19.5 Å². The molecule has 0 aliphatic carbocycles. The molecular weight excluding hydrogens is 419 g/mol. The SMILES string of the molecule is CCNC(=NCc1nncn1CC)N1CC2C3CCC(O3)C2C1.I. The molecule has 0 spiro atoms. The van der Waals surface area contributed by atoms with Crippen molar-refractivity contribution < 1.29 is 4.74 Å². The van der Waals surface area contributed by atoms with Gasteiger partial charge in [0.25, 0.3) is 0 Å². The predicted molar refractivity (Wildman–Crippen MR) is 102 cm³/mol. The molecule has 3 fully saturated rings. The van der Waals surface area contributed by atoms with Gasteiger partial charge in [0.05, 0.1) is 12.2 Å². The molecule has 1 N–H and O–H groups in total. The summed E-state index contributed by atoms with van der Waals surface area (Å²) in [6.45, 7) is 8.69. The Bertz CT molecular complexity index is 573. The van der Waals surface area contributed by atoms with Crippen molar-refractivity contribution in [1.29, 1.82) is 0 Å². The number of hydrogen-bond acceptors (Lipinski definition) is 4. The van der Waals surface area contributed by atoms with Crippen LogP contribution in [-0.2, 0) is 17.8 Å². The van der Waals surface area contributed by atoms with Gasteiger partial charge in [-0.25, -0.2) is 4.99 Å². The summed E-state index contributed by atoms with van der Waals surface area (Å²) in [5.74, 6) is 3.31. The van der Waals surface area contributed by atoms with Gasteiger partial charge in [-0.1, -0.05) is 0 Å². The average molecular weight is 446 g/mol. The molecule has 0 aromatic carbocycles. The summed E-state index contributed by atoms with van der Waals surface area (Å²) in [6.07, 6.45) is 5.23.